The van der Waals surface area contributed by atoms with Gasteiger partial charge in [-0.15, -0.1) is 0 Å². The molecule has 1 saturated heterocycles. The van der Waals surface area contributed by atoms with E-state index in [1.54, 1.807) is 18.6 Å². The van der Waals surface area contributed by atoms with Gasteiger partial charge in [-0.1, -0.05) is 29.8 Å². The number of nitrogens with zero attached hydrogens (tertiary/aromatic N) is 6. The Morgan fingerprint density at radius 2 is 2.06 bits per heavy atom. The van der Waals surface area contributed by atoms with Crippen LogP contribution in [-0.2, 0) is 4.74 Å². The van der Waals surface area contributed by atoms with E-state index in [1.165, 1.54) is 11.1 Å². The molecule has 0 bridgehead atoms. The summed E-state index contributed by atoms with van der Waals surface area (Å²) in [6, 6.07) is 16.1. The number of nitrogens with one attached hydrogen (secondary N) is 1. The fourth-order valence-electron chi connectivity index (χ4n) is 4.31. The van der Waals surface area contributed by atoms with Gasteiger partial charge in [-0.3, -0.25) is 10.4 Å². The van der Waals surface area contributed by atoms with Crippen LogP contribution < -0.4 is 10.3 Å². The molecule has 8 heteroatoms. The molecular weight excluding hydrogens is 414 g/mol. The molecule has 1 unspecified atom stereocenters. The van der Waals surface area contributed by atoms with Gasteiger partial charge < -0.3 is 9.64 Å². The molecule has 4 aromatic rings. The molecule has 3 aromatic heterocycles. The van der Waals surface area contributed by atoms with Gasteiger partial charge in [0, 0.05) is 48.8 Å². The monoisotopic (exact) mass is 437 g/mol. The van der Waals surface area contributed by atoms with Crippen molar-refractivity contribution in [1.29, 1.82) is 0 Å². The summed E-state index contributed by atoms with van der Waals surface area (Å²) in [6.07, 6.45) is 7.52. The zero-order chi connectivity index (χ0) is 22.2. The van der Waals surface area contributed by atoms with Crippen molar-refractivity contribution >= 4 is 23.5 Å². The molecule has 2 aliphatic rings. The highest BCUT2D eigenvalue weighted by Gasteiger charge is 2.31. The highest BCUT2D eigenvalue weighted by molar-refractivity contribution is 5.80. The number of pyridine rings is 1. The Balaban J connectivity index is 1.38. The zero-order valence-corrected chi connectivity index (χ0v) is 18.2. The number of benzene rings is 1. The van der Waals surface area contributed by atoms with Crippen molar-refractivity contribution in [1.82, 2.24) is 19.6 Å². The highest BCUT2D eigenvalue weighted by atomic mass is 16.5. The summed E-state index contributed by atoms with van der Waals surface area (Å²) in [5.41, 5.74) is 9.25. The SMILES string of the molecule is Cc1cccc(C=NNc2cc(N3C=C4COCC4C3)n3nc(-c4ccncc4)cc3n2)c1. The number of anilines is 2. The number of ether oxygens (including phenoxy) is 1. The minimum Gasteiger partial charge on any atom is -0.376 e. The van der Waals surface area contributed by atoms with Gasteiger partial charge in [-0.2, -0.15) is 14.7 Å². The van der Waals surface area contributed by atoms with E-state index in [4.69, 9.17) is 14.8 Å². The summed E-state index contributed by atoms with van der Waals surface area (Å²) in [7, 11) is 0. The summed E-state index contributed by atoms with van der Waals surface area (Å²) in [6.45, 7) is 4.40. The third kappa shape index (κ3) is 3.85. The molecule has 1 aromatic carbocycles. The van der Waals surface area contributed by atoms with E-state index in [1.807, 2.05) is 40.9 Å². The van der Waals surface area contributed by atoms with Crippen molar-refractivity contribution in [3.63, 3.8) is 0 Å². The number of aryl methyl sites for hydroxylation is 1. The lowest BCUT2D eigenvalue weighted by molar-refractivity contribution is 0.188. The van der Waals surface area contributed by atoms with Crippen molar-refractivity contribution in [2.75, 3.05) is 30.1 Å². The molecule has 0 aliphatic carbocycles. The first-order valence-electron chi connectivity index (χ1n) is 10.9. The largest absolute Gasteiger partial charge is 0.376 e. The maximum absolute atomic E-state index is 5.61. The molecule has 1 N–H and O–H groups in total. The predicted molar refractivity (Wildman–Crippen MR) is 128 cm³/mol. The van der Waals surface area contributed by atoms with Gasteiger partial charge in [0.25, 0.3) is 0 Å². The molecule has 1 fully saturated rings. The number of aromatic nitrogens is 4. The van der Waals surface area contributed by atoms with Gasteiger partial charge in [-0.05, 0) is 30.2 Å². The van der Waals surface area contributed by atoms with Crippen LogP contribution in [0.25, 0.3) is 16.9 Å². The summed E-state index contributed by atoms with van der Waals surface area (Å²) in [5.74, 6) is 2.03. The Hall–Kier alpha value is -4.04. The van der Waals surface area contributed by atoms with E-state index in [0.717, 1.165) is 41.4 Å². The average Bonchev–Trinajstić information content (AvgIpc) is 3.54. The van der Waals surface area contributed by atoms with Gasteiger partial charge in [0.2, 0.25) is 0 Å². The molecule has 2 aliphatic heterocycles. The Morgan fingerprint density at radius 1 is 1.15 bits per heavy atom. The van der Waals surface area contributed by atoms with Crippen LogP contribution in [0, 0.1) is 12.8 Å². The first-order chi connectivity index (χ1) is 16.2. The van der Waals surface area contributed by atoms with Crippen LogP contribution in [0.5, 0.6) is 0 Å². The van der Waals surface area contributed by atoms with Crippen LogP contribution in [0.4, 0.5) is 11.6 Å². The lowest BCUT2D eigenvalue weighted by Crippen LogP contribution is -2.21. The Labute approximate surface area is 191 Å². The van der Waals surface area contributed by atoms with Gasteiger partial charge in [0.15, 0.2) is 11.5 Å². The van der Waals surface area contributed by atoms with E-state index in [0.29, 0.717) is 18.3 Å². The first-order valence-corrected chi connectivity index (χ1v) is 10.9. The van der Waals surface area contributed by atoms with Gasteiger partial charge in [-0.25, -0.2) is 4.98 Å². The van der Waals surface area contributed by atoms with Crippen LogP contribution in [0.2, 0.25) is 0 Å². The molecule has 33 heavy (non-hydrogen) atoms. The molecule has 0 saturated carbocycles. The van der Waals surface area contributed by atoms with Crippen molar-refractivity contribution in [3.05, 3.63) is 83.8 Å². The Kier molecular flexibility index (Phi) is 4.84. The number of hydrogen-bond acceptors (Lipinski definition) is 7. The molecule has 8 nitrogen and oxygen atoms in total. The molecule has 6 rings (SSSR count). The van der Waals surface area contributed by atoms with Gasteiger partial charge in [0.05, 0.1) is 25.1 Å². The Bertz CT molecular complexity index is 1380. The smallest absolute Gasteiger partial charge is 0.160 e. The van der Waals surface area contributed by atoms with Gasteiger partial charge >= 0.3 is 0 Å². The van der Waals surface area contributed by atoms with Crippen LogP contribution in [0.15, 0.2) is 77.8 Å². The fourth-order valence-corrected chi connectivity index (χ4v) is 4.31. The third-order valence-corrected chi connectivity index (χ3v) is 5.96. The average molecular weight is 438 g/mol. The highest BCUT2D eigenvalue weighted by Crippen LogP contribution is 2.33. The third-order valence-electron chi connectivity index (χ3n) is 5.96. The van der Waals surface area contributed by atoms with Crippen LogP contribution in [-0.4, -0.2) is 45.6 Å². The molecule has 0 amide bonds. The summed E-state index contributed by atoms with van der Waals surface area (Å²) < 4.78 is 7.50. The maximum atomic E-state index is 5.61. The van der Waals surface area contributed by atoms with E-state index in [9.17, 15) is 0 Å². The maximum Gasteiger partial charge on any atom is 0.160 e. The fraction of sp³-hybridized carbons (Fsp3) is 0.200. The van der Waals surface area contributed by atoms with Crippen molar-refractivity contribution in [3.8, 4) is 11.3 Å². The minimum atomic E-state index is 0.430. The van der Waals surface area contributed by atoms with Crippen molar-refractivity contribution in [2.24, 2.45) is 11.0 Å². The second-order valence-electron chi connectivity index (χ2n) is 8.39. The summed E-state index contributed by atoms with van der Waals surface area (Å²) in [4.78, 5) is 11.1. The van der Waals surface area contributed by atoms with E-state index < -0.39 is 0 Å². The predicted octanol–water partition coefficient (Wildman–Crippen LogP) is 3.90. The molecular formula is C25H23N7O. The van der Waals surface area contributed by atoms with E-state index in [2.05, 4.69) is 45.7 Å². The molecule has 1 atom stereocenters. The van der Waals surface area contributed by atoms with E-state index in [-0.39, 0.29) is 0 Å². The summed E-state index contributed by atoms with van der Waals surface area (Å²) >= 11 is 0. The number of hydrogen-bond donors (Lipinski definition) is 1. The molecule has 5 heterocycles. The molecule has 0 spiro atoms. The van der Waals surface area contributed by atoms with Crippen LogP contribution >= 0.6 is 0 Å². The first kappa shape index (κ1) is 19.6. The van der Waals surface area contributed by atoms with E-state index >= 15 is 0 Å². The molecule has 164 valence electrons. The van der Waals surface area contributed by atoms with Gasteiger partial charge in [0.1, 0.15) is 5.82 Å². The topological polar surface area (TPSA) is 79.9 Å². The normalized spacial score (nSPS) is 17.7. The lowest BCUT2D eigenvalue weighted by atomic mass is 10.1. The zero-order valence-electron chi connectivity index (χ0n) is 18.2. The quantitative estimate of drug-likeness (QED) is 0.377. The Morgan fingerprint density at radius 3 is 2.91 bits per heavy atom. The van der Waals surface area contributed by atoms with Crippen LogP contribution in [0.1, 0.15) is 11.1 Å². The standard InChI is InChI=1S/C25H23N7O/c1-17-3-2-4-18(9-17)12-27-29-23-11-25(31-13-20-15-33-16-21(20)14-31)32-24(28-23)10-22(30-32)19-5-7-26-8-6-19/h2-13,21H,14-16H2,1H3,(H,28,29). The molecule has 0 radical (unpaired) electrons. The minimum absolute atomic E-state index is 0.430. The second kappa shape index (κ2) is 8.14. The van der Waals surface area contributed by atoms with Crippen molar-refractivity contribution < 1.29 is 4.74 Å². The number of rotatable bonds is 5. The lowest BCUT2D eigenvalue weighted by Gasteiger charge is -2.19. The summed E-state index contributed by atoms with van der Waals surface area (Å²) in [5, 5.41) is 9.28. The number of fused-ring (bicyclic) bond motifs is 2. The second-order valence-corrected chi connectivity index (χ2v) is 8.39. The van der Waals surface area contributed by atoms with Crippen molar-refractivity contribution in [2.45, 2.75) is 6.92 Å². The number of hydrazone groups is 1. The van der Waals surface area contributed by atoms with Crippen LogP contribution in [0.3, 0.4) is 0 Å².